The number of carbonyl (C=O) groups excluding carboxylic acids is 2. The second kappa shape index (κ2) is 8.35. The number of hydrogen-bond donors (Lipinski definition) is 1. The fraction of sp³-hybridized carbons (Fsp3) is 0.600. The fourth-order valence-electron chi connectivity index (χ4n) is 4.43. The monoisotopic (exact) mass is 377 g/mol. The van der Waals surface area contributed by atoms with Gasteiger partial charge in [0.05, 0.1) is 12.3 Å². The van der Waals surface area contributed by atoms with Gasteiger partial charge in [-0.15, -0.1) is 0 Å². The highest BCUT2D eigenvalue weighted by molar-refractivity contribution is 5.95. The van der Waals surface area contributed by atoms with Gasteiger partial charge in [0.25, 0.3) is 5.91 Å². The third-order valence-corrected chi connectivity index (χ3v) is 5.81. The molecular weight excluding hydrogens is 349 g/mol. The third-order valence-electron chi connectivity index (χ3n) is 5.81. The number of carbonyl (C=O) groups is 2. The fourth-order valence-corrected chi connectivity index (χ4v) is 4.43. The summed E-state index contributed by atoms with van der Waals surface area (Å²) in [4.78, 5) is 28.2. The number of piperidine rings is 1. The average Bonchev–Trinajstić information content (AvgIpc) is 2.87. The number of amides is 2. The van der Waals surface area contributed by atoms with Crippen molar-refractivity contribution in [2.45, 2.75) is 50.7 Å². The SMILES string of the molecule is COCCN1C2CCC1CC(N(C)C(=O)c1ccc(NC(C)=O)c(F)c1)C2. The van der Waals surface area contributed by atoms with Crippen LogP contribution in [-0.4, -0.2) is 67.0 Å². The van der Waals surface area contributed by atoms with E-state index in [1.807, 2.05) is 0 Å². The van der Waals surface area contributed by atoms with Crippen molar-refractivity contribution in [2.24, 2.45) is 0 Å². The highest BCUT2D eigenvalue weighted by Gasteiger charge is 2.42. The van der Waals surface area contributed by atoms with Gasteiger partial charge in [-0.3, -0.25) is 14.5 Å². The minimum atomic E-state index is -0.598. The Morgan fingerprint density at radius 1 is 1.30 bits per heavy atom. The summed E-state index contributed by atoms with van der Waals surface area (Å²) in [5, 5.41) is 2.42. The number of hydrogen-bond acceptors (Lipinski definition) is 4. The van der Waals surface area contributed by atoms with E-state index in [9.17, 15) is 14.0 Å². The van der Waals surface area contributed by atoms with E-state index >= 15 is 0 Å². The van der Waals surface area contributed by atoms with E-state index in [4.69, 9.17) is 4.74 Å². The molecule has 3 rings (SSSR count). The molecule has 27 heavy (non-hydrogen) atoms. The van der Waals surface area contributed by atoms with Gasteiger partial charge in [-0.2, -0.15) is 0 Å². The molecule has 0 spiro atoms. The van der Waals surface area contributed by atoms with Crippen molar-refractivity contribution >= 4 is 17.5 Å². The lowest BCUT2D eigenvalue weighted by atomic mass is 9.95. The second-order valence-electron chi connectivity index (χ2n) is 7.53. The maximum Gasteiger partial charge on any atom is 0.253 e. The number of halogens is 1. The molecule has 2 atom stereocenters. The lowest BCUT2D eigenvalue weighted by Crippen LogP contribution is -2.51. The van der Waals surface area contributed by atoms with Gasteiger partial charge in [-0.05, 0) is 43.9 Å². The Morgan fingerprint density at radius 3 is 2.52 bits per heavy atom. The number of anilines is 1. The van der Waals surface area contributed by atoms with Crippen molar-refractivity contribution in [1.82, 2.24) is 9.80 Å². The molecule has 1 N–H and O–H groups in total. The van der Waals surface area contributed by atoms with Gasteiger partial charge in [0.2, 0.25) is 5.91 Å². The Bertz CT molecular complexity index is 698. The molecule has 0 radical (unpaired) electrons. The lowest BCUT2D eigenvalue weighted by Gasteiger charge is -2.42. The van der Waals surface area contributed by atoms with Crippen molar-refractivity contribution in [2.75, 3.05) is 32.6 Å². The topological polar surface area (TPSA) is 61.9 Å². The Balaban J connectivity index is 1.66. The van der Waals surface area contributed by atoms with Gasteiger partial charge < -0.3 is 15.0 Å². The van der Waals surface area contributed by atoms with Crippen LogP contribution in [0.4, 0.5) is 10.1 Å². The molecule has 0 aliphatic carbocycles. The molecule has 1 aromatic carbocycles. The number of nitrogens with zero attached hydrogens (tertiary/aromatic N) is 2. The molecule has 2 aliphatic heterocycles. The number of nitrogens with one attached hydrogen (secondary N) is 1. The van der Waals surface area contributed by atoms with Crippen LogP contribution in [0.3, 0.4) is 0 Å². The molecule has 0 aromatic heterocycles. The maximum atomic E-state index is 14.2. The summed E-state index contributed by atoms with van der Waals surface area (Å²) in [6.45, 7) is 2.98. The van der Waals surface area contributed by atoms with E-state index < -0.39 is 5.82 Å². The van der Waals surface area contributed by atoms with Crippen LogP contribution < -0.4 is 5.32 Å². The molecule has 2 unspecified atom stereocenters. The van der Waals surface area contributed by atoms with Gasteiger partial charge >= 0.3 is 0 Å². The van der Waals surface area contributed by atoms with Crippen molar-refractivity contribution < 1.29 is 18.7 Å². The number of rotatable bonds is 6. The Labute approximate surface area is 159 Å². The Kier molecular flexibility index (Phi) is 6.11. The molecule has 148 valence electrons. The zero-order chi connectivity index (χ0) is 19.6. The summed E-state index contributed by atoms with van der Waals surface area (Å²) in [7, 11) is 3.52. The first-order valence-corrected chi connectivity index (χ1v) is 9.49. The largest absolute Gasteiger partial charge is 0.383 e. The smallest absolute Gasteiger partial charge is 0.253 e. The minimum absolute atomic E-state index is 0.0891. The molecule has 2 amide bonds. The molecule has 2 saturated heterocycles. The van der Waals surface area contributed by atoms with Crippen molar-refractivity contribution in [3.8, 4) is 0 Å². The minimum Gasteiger partial charge on any atom is -0.383 e. The summed E-state index contributed by atoms with van der Waals surface area (Å²) in [6, 6.07) is 5.33. The van der Waals surface area contributed by atoms with Crippen LogP contribution in [0.1, 0.15) is 43.0 Å². The van der Waals surface area contributed by atoms with Crippen LogP contribution in [0.2, 0.25) is 0 Å². The van der Waals surface area contributed by atoms with E-state index in [1.165, 1.54) is 19.1 Å². The first kappa shape index (κ1) is 19.8. The highest BCUT2D eigenvalue weighted by atomic mass is 19.1. The lowest BCUT2D eigenvalue weighted by molar-refractivity contribution is -0.114. The van der Waals surface area contributed by atoms with Crippen molar-refractivity contribution in [1.29, 1.82) is 0 Å². The first-order valence-electron chi connectivity index (χ1n) is 9.49. The van der Waals surface area contributed by atoms with Gasteiger partial charge in [-0.25, -0.2) is 4.39 Å². The van der Waals surface area contributed by atoms with E-state index in [1.54, 1.807) is 25.1 Å². The van der Waals surface area contributed by atoms with Crippen LogP contribution >= 0.6 is 0 Å². The maximum absolute atomic E-state index is 14.2. The average molecular weight is 377 g/mol. The normalized spacial score (nSPS) is 24.7. The van der Waals surface area contributed by atoms with Gasteiger partial charge in [0, 0.05) is 51.3 Å². The van der Waals surface area contributed by atoms with Gasteiger partial charge in [0.15, 0.2) is 0 Å². The molecular formula is C20H28FN3O3. The molecule has 2 fully saturated rings. The zero-order valence-corrected chi connectivity index (χ0v) is 16.2. The standard InChI is InChI=1S/C20H28FN3O3/c1-13(25)22-19-7-4-14(10-18(19)21)20(26)23(2)17-11-15-5-6-16(12-17)24(15)8-9-27-3/h4,7,10,15-17H,5-6,8-9,11-12H2,1-3H3,(H,22,25). The summed E-state index contributed by atoms with van der Waals surface area (Å²) in [6.07, 6.45) is 4.20. The van der Waals surface area contributed by atoms with Crippen LogP contribution in [-0.2, 0) is 9.53 Å². The summed E-state index contributed by atoms with van der Waals surface area (Å²) in [5.41, 5.74) is 0.393. The quantitative estimate of drug-likeness (QED) is 0.827. The molecule has 7 heteroatoms. The van der Waals surface area contributed by atoms with Crippen LogP contribution in [0.15, 0.2) is 18.2 Å². The summed E-state index contributed by atoms with van der Waals surface area (Å²) < 4.78 is 19.4. The van der Waals surface area contributed by atoms with Crippen LogP contribution in [0, 0.1) is 5.82 Å². The number of methoxy groups -OCH3 is 1. The number of fused-ring (bicyclic) bond motifs is 2. The molecule has 2 heterocycles. The molecule has 0 saturated carbocycles. The summed E-state index contributed by atoms with van der Waals surface area (Å²) >= 11 is 0. The molecule has 2 bridgehead atoms. The van der Waals surface area contributed by atoms with Crippen molar-refractivity contribution in [3.63, 3.8) is 0 Å². The van der Waals surface area contributed by atoms with Gasteiger partial charge in [0.1, 0.15) is 5.82 Å². The Morgan fingerprint density at radius 2 is 1.96 bits per heavy atom. The van der Waals surface area contributed by atoms with E-state index in [-0.39, 0.29) is 23.5 Å². The number of ether oxygens (including phenoxy) is 1. The van der Waals surface area contributed by atoms with Crippen LogP contribution in [0.25, 0.3) is 0 Å². The van der Waals surface area contributed by atoms with Crippen LogP contribution in [0.5, 0.6) is 0 Å². The summed E-state index contributed by atoms with van der Waals surface area (Å²) in [5.74, 6) is -1.13. The zero-order valence-electron chi connectivity index (χ0n) is 16.2. The van der Waals surface area contributed by atoms with Gasteiger partial charge in [-0.1, -0.05) is 0 Å². The van der Waals surface area contributed by atoms with E-state index in [0.717, 1.165) is 38.8 Å². The molecule has 6 nitrogen and oxygen atoms in total. The van der Waals surface area contributed by atoms with E-state index in [0.29, 0.717) is 17.6 Å². The molecule has 2 aliphatic rings. The predicted molar refractivity (Wildman–Crippen MR) is 101 cm³/mol. The Hall–Kier alpha value is -1.99. The van der Waals surface area contributed by atoms with E-state index in [2.05, 4.69) is 10.2 Å². The molecule has 1 aromatic rings. The van der Waals surface area contributed by atoms with Crippen molar-refractivity contribution in [3.05, 3.63) is 29.6 Å². The first-order chi connectivity index (χ1) is 12.9. The predicted octanol–water partition coefficient (Wildman–Crippen LogP) is 2.50. The second-order valence-corrected chi connectivity index (χ2v) is 7.53. The third kappa shape index (κ3) is 4.30. The highest BCUT2D eigenvalue weighted by Crippen LogP contribution is 2.37. The number of benzene rings is 1.